The number of fused-ring (bicyclic) bond motifs is 1. The van der Waals surface area contributed by atoms with Crippen LogP contribution in [0.4, 0.5) is 0 Å². The van der Waals surface area contributed by atoms with Gasteiger partial charge in [-0.1, -0.05) is 116 Å². The van der Waals surface area contributed by atoms with E-state index in [4.69, 9.17) is 14.2 Å². The Kier molecular flexibility index (Phi) is 11.8. The van der Waals surface area contributed by atoms with E-state index >= 15 is 0 Å². The standard InChI is InChI=1S/C44H48N2O6/c1-28-41(26-46(5)29(2)37-23-18-33-10-6-7-11-38(33)24-37)51-44(52-42(28)35-16-14-32(27-47)15-17-35)36-21-19-34(20-22-36)40-13-9-8-12-39(40)25-45-43(49)30(3)50-31(4)48/h6-24,28-30,41-42,44,47H,25-27H2,1-5H3,(H,45,49)/t28-,29+,30-,41+,42+,44+/m0/s1. The molecule has 8 heteroatoms. The summed E-state index contributed by atoms with van der Waals surface area (Å²) in [6.07, 6.45) is -1.82. The van der Waals surface area contributed by atoms with Gasteiger partial charge in [-0.25, -0.2) is 0 Å². The van der Waals surface area contributed by atoms with Crippen molar-refractivity contribution in [3.63, 3.8) is 0 Å². The first-order chi connectivity index (χ1) is 25.1. The maximum Gasteiger partial charge on any atom is 0.303 e. The molecule has 0 spiro atoms. The number of hydrogen-bond donors (Lipinski definition) is 2. The highest BCUT2D eigenvalue weighted by atomic mass is 16.7. The Morgan fingerprint density at radius 1 is 0.846 bits per heavy atom. The second-order valence-corrected chi connectivity index (χ2v) is 13.8. The molecule has 6 rings (SSSR count). The van der Waals surface area contributed by atoms with Crippen molar-refractivity contribution in [2.75, 3.05) is 13.6 Å². The van der Waals surface area contributed by atoms with Gasteiger partial charge in [0, 0.05) is 37.5 Å². The SMILES string of the molecule is CC(=O)O[C@@H](C)C(=O)NCc1ccccc1-c1ccc([C@@H]2O[C@H](CN(C)[C@H](C)c3ccc4ccccc4c3)[C@H](C)[C@H](c3ccc(CO)cc3)O2)cc1. The number of esters is 1. The number of likely N-dealkylation sites (N-methyl/N-ethyl adjacent to an activating group) is 1. The first kappa shape index (κ1) is 36.9. The number of rotatable bonds is 12. The summed E-state index contributed by atoms with van der Waals surface area (Å²) >= 11 is 0. The third-order valence-electron chi connectivity index (χ3n) is 10.2. The summed E-state index contributed by atoms with van der Waals surface area (Å²) in [4.78, 5) is 26.2. The summed E-state index contributed by atoms with van der Waals surface area (Å²) in [5.41, 5.74) is 6.97. The number of carbonyl (C=O) groups excluding carboxylic acids is 2. The number of amides is 1. The molecule has 5 aromatic carbocycles. The van der Waals surface area contributed by atoms with Gasteiger partial charge in [0.1, 0.15) is 0 Å². The zero-order valence-corrected chi connectivity index (χ0v) is 30.5. The van der Waals surface area contributed by atoms with E-state index in [1.54, 1.807) is 6.92 Å². The average Bonchev–Trinajstić information content (AvgIpc) is 3.17. The molecule has 1 heterocycles. The van der Waals surface area contributed by atoms with Crippen molar-refractivity contribution in [2.24, 2.45) is 5.92 Å². The summed E-state index contributed by atoms with van der Waals surface area (Å²) in [7, 11) is 2.15. The first-order valence-corrected chi connectivity index (χ1v) is 17.9. The zero-order chi connectivity index (χ0) is 36.8. The van der Waals surface area contributed by atoms with Crippen LogP contribution in [0, 0.1) is 5.92 Å². The van der Waals surface area contributed by atoms with Crippen LogP contribution in [-0.4, -0.2) is 47.7 Å². The van der Waals surface area contributed by atoms with Gasteiger partial charge >= 0.3 is 5.97 Å². The molecule has 0 saturated carbocycles. The molecule has 1 saturated heterocycles. The minimum absolute atomic E-state index is 0.0115. The van der Waals surface area contributed by atoms with Crippen molar-refractivity contribution >= 4 is 22.6 Å². The number of hydrogen-bond acceptors (Lipinski definition) is 7. The van der Waals surface area contributed by atoms with Gasteiger partial charge in [-0.05, 0) is 71.1 Å². The highest BCUT2D eigenvalue weighted by molar-refractivity contribution is 5.84. The Bertz CT molecular complexity index is 1980. The van der Waals surface area contributed by atoms with Crippen molar-refractivity contribution in [1.29, 1.82) is 0 Å². The van der Waals surface area contributed by atoms with Crippen LogP contribution in [0.3, 0.4) is 0 Å². The molecule has 0 bridgehead atoms. The van der Waals surface area contributed by atoms with E-state index in [0.717, 1.165) is 33.4 Å². The molecule has 6 atom stereocenters. The molecular formula is C44H48N2O6. The van der Waals surface area contributed by atoms with Crippen LogP contribution in [-0.2, 0) is 37.0 Å². The van der Waals surface area contributed by atoms with Gasteiger partial charge in [0.2, 0.25) is 0 Å². The molecule has 2 N–H and O–H groups in total. The molecule has 1 aliphatic heterocycles. The Morgan fingerprint density at radius 3 is 2.23 bits per heavy atom. The predicted molar refractivity (Wildman–Crippen MR) is 203 cm³/mol. The molecule has 1 aliphatic rings. The van der Waals surface area contributed by atoms with Crippen LogP contribution in [0.15, 0.2) is 115 Å². The summed E-state index contributed by atoms with van der Waals surface area (Å²) in [6.45, 7) is 8.24. The van der Waals surface area contributed by atoms with Crippen LogP contribution in [0.25, 0.3) is 21.9 Å². The van der Waals surface area contributed by atoms with E-state index in [-0.39, 0.29) is 36.7 Å². The fraction of sp³-hybridized carbons (Fsp3) is 0.318. The topological polar surface area (TPSA) is 97.3 Å². The monoisotopic (exact) mass is 700 g/mol. The molecule has 0 aliphatic carbocycles. The molecule has 1 fully saturated rings. The second kappa shape index (κ2) is 16.7. The number of carbonyl (C=O) groups is 2. The average molecular weight is 701 g/mol. The van der Waals surface area contributed by atoms with E-state index < -0.39 is 18.4 Å². The van der Waals surface area contributed by atoms with Gasteiger partial charge in [0.05, 0.1) is 18.8 Å². The molecule has 270 valence electrons. The minimum atomic E-state index is -0.871. The number of nitrogens with zero attached hydrogens (tertiary/aromatic N) is 1. The van der Waals surface area contributed by atoms with Gasteiger partial charge in [0.15, 0.2) is 12.4 Å². The van der Waals surface area contributed by atoms with Gasteiger partial charge in [-0.3, -0.25) is 14.5 Å². The molecule has 5 aromatic rings. The van der Waals surface area contributed by atoms with Crippen LogP contribution in [0.1, 0.15) is 73.9 Å². The number of ether oxygens (including phenoxy) is 3. The van der Waals surface area contributed by atoms with Gasteiger partial charge in [-0.2, -0.15) is 0 Å². The Hall–Kier alpha value is -4.86. The quantitative estimate of drug-likeness (QED) is 0.127. The van der Waals surface area contributed by atoms with Crippen molar-refractivity contribution in [1.82, 2.24) is 10.2 Å². The number of benzene rings is 5. The van der Waals surface area contributed by atoms with E-state index in [1.165, 1.54) is 23.3 Å². The minimum Gasteiger partial charge on any atom is -0.453 e. The van der Waals surface area contributed by atoms with Crippen molar-refractivity contribution < 1.29 is 28.9 Å². The number of nitrogens with one attached hydrogen (secondary N) is 1. The fourth-order valence-electron chi connectivity index (χ4n) is 6.90. The van der Waals surface area contributed by atoms with Crippen LogP contribution >= 0.6 is 0 Å². The maximum atomic E-state index is 12.5. The Labute approximate surface area is 306 Å². The largest absolute Gasteiger partial charge is 0.453 e. The summed E-state index contributed by atoms with van der Waals surface area (Å²) < 4.78 is 18.6. The van der Waals surface area contributed by atoms with Crippen molar-refractivity contribution in [3.8, 4) is 11.1 Å². The van der Waals surface area contributed by atoms with Crippen LogP contribution in [0.2, 0.25) is 0 Å². The summed E-state index contributed by atoms with van der Waals surface area (Å²) in [5, 5.41) is 15.0. The normalized spacial score (nSPS) is 20.0. The second-order valence-electron chi connectivity index (χ2n) is 13.8. The molecule has 0 unspecified atom stereocenters. The third-order valence-corrected chi connectivity index (χ3v) is 10.2. The number of aliphatic hydroxyl groups is 1. The first-order valence-electron chi connectivity index (χ1n) is 17.9. The summed E-state index contributed by atoms with van der Waals surface area (Å²) in [6, 6.07) is 39.3. The van der Waals surface area contributed by atoms with Crippen molar-refractivity contribution in [3.05, 3.63) is 143 Å². The molecule has 0 radical (unpaired) electrons. The molecule has 1 amide bonds. The highest BCUT2D eigenvalue weighted by Crippen LogP contribution is 2.42. The molecule has 0 aromatic heterocycles. The predicted octanol–water partition coefficient (Wildman–Crippen LogP) is 8.05. The van der Waals surface area contributed by atoms with Gasteiger partial charge < -0.3 is 24.6 Å². The Morgan fingerprint density at radius 2 is 1.52 bits per heavy atom. The maximum absolute atomic E-state index is 12.5. The fourth-order valence-corrected chi connectivity index (χ4v) is 6.90. The lowest BCUT2D eigenvalue weighted by Gasteiger charge is -2.43. The van der Waals surface area contributed by atoms with Gasteiger partial charge in [0.25, 0.3) is 5.91 Å². The van der Waals surface area contributed by atoms with Crippen LogP contribution in [0.5, 0.6) is 0 Å². The molecular weight excluding hydrogens is 652 g/mol. The third kappa shape index (κ3) is 8.60. The lowest BCUT2D eigenvalue weighted by Crippen LogP contribution is -2.44. The van der Waals surface area contributed by atoms with E-state index in [9.17, 15) is 14.7 Å². The molecule has 52 heavy (non-hydrogen) atoms. The van der Waals surface area contributed by atoms with E-state index in [0.29, 0.717) is 13.1 Å². The van der Waals surface area contributed by atoms with Crippen LogP contribution < -0.4 is 5.32 Å². The highest BCUT2D eigenvalue weighted by Gasteiger charge is 2.39. The molecule has 8 nitrogen and oxygen atoms in total. The van der Waals surface area contributed by atoms with E-state index in [2.05, 4.69) is 85.7 Å². The smallest absolute Gasteiger partial charge is 0.303 e. The lowest BCUT2D eigenvalue weighted by atomic mass is 9.89. The lowest BCUT2D eigenvalue weighted by molar-refractivity contribution is -0.276. The van der Waals surface area contributed by atoms with E-state index in [1.807, 2.05) is 60.7 Å². The Balaban J connectivity index is 1.22. The van der Waals surface area contributed by atoms with Gasteiger partial charge in [-0.15, -0.1) is 0 Å². The van der Waals surface area contributed by atoms with Crippen molar-refractivity contribution in [2.45, 2.75) is 71.5 Å². The number of aliphatic hydroxyl groups excluding tert-OH is 1. The summed E-state index contributed by atoms with van der Waals surface area (Å²) in [5.74, 6) is -0.802. The zero-order valence-electron chi connectivity index (χ0n) is 30.5.